The molecular formula is C25H24N4O6. The van der Waals surface area contributed by atoms with Crippen molar-refractivity contribution in [1.82, 2.24) is 10.8 Å². The van der Waals surface area contributed by atoms with Crippen molar-refractivity contribution in [3.8, 4) is 23.7 Å². The second-order valence-electron chi connectivity index (χ2n) is 7.19. The van der Waals surface area contributed by atoms with Gasteiger partial charge in [-0.15, -0.1) is 0 Å². The first-order valence-electron chi connectivity index (χ1n) is 10.5. The lowest BCUT2D eigenvalue weighted by Crippen LogP contribution is -2.50. The van der Waals surface area contributed by atoms with Crippen molar-refractivity contribution in [1.29, 1.82) is 0 Å². The highest BCUT2D eigenvalue weighted by Crippen LogP contribution is 2.10. The maximum absolute atomic E-state index is 12.2. The Morgan fingerprint density at radius 1 is 0.886 bits per heavy atom. The molecule has 0 saturated heterocycles. The fourth-order valence-corrected chi connectivity index (χ4v) is 2.72. The standard InChI is InChI=1S/C25H24N4O6/c26-16-21(25(34)29-35)28-24(33)19-12-8-17(9-13-19)4-1-2-5-18-10-14-20(15-11-18)27-22(30)6-3-7-23(31)32/h8-15,21,35H,3,6-7,16,26H2,(H,27,30)(H,28,33)(H,29,34)(H,31,32)/t21-/m0/s1. The van der Waals surface area contributed by atoms with E-state index >= 15 is 0 Å². The Morgan fingerprint density at radius 2 is 1.46 bits per heavy atom. The van der Waals surface area contributed by atoms with Crippen molar-refractivity contribution in [2.24, 2.45) is 5.73 Å². The molecule has 0 aliphatic heterocycles. The summed E-state index contributed by atoms with van der Waals surface area (Å²) in [4.78, 5) is 45.9. The lowest BCUT2D eigenvalue weighted by atomic mass is 10.1. The lowest BCUT2D eigenvalue weighted by Gasteiger charge is -2.14. The van der Waals surface area contributed by atoms with Gasteiger partial charge in [0, 0.05) is 41.8 Å². The maximum atomic E-state index is 12.2. The van der Waals surface area contributed by atoms with Gasteiger partial charge in [-0.05, 0) is 66.8 Å². The van der Waals surface area contributed by atoms with Crippen molar-refractivity contribution >= 4 is 29.4 Å². The molecule has 2 aromatic carbocycles. The lowest BCUT2D eigenvalue weighted by molar-refractivity contribution is -0.137. The van der Waals surface area contributed by atoms with Crippen LogP contribution in [0.15, 0.2) is 48.5 Å². The molecule has 0 spiro atoms. The van der Waals surface area contributed by atoms with Gasteiger partial charge in [0.2, 0.25) is 5.91 Å². The largest absolute Gasteiger partial charge is 0.481 e. The van der Waals surface area contributed by atoms with Crippen LogP contribution in [0, 0.1) is 23.7 Å². The van der Waals surface area contributed by atoms with Crippen LogP contribution in [0.3, 0.4) is 0 Å². The van der Waals surface area contributed by atoms with E-state index in [1.54, 1.807) is 36.4 Å². The summed E-state index contributed by atoms with van der Waals surface area (Å²) in [6.07, 6.45) is 0.352. The Balaban J connectivity index is 1.90. The van der Waals surface area contributed by atoms with E-state index in [1.165, 1.54) is 17.6 Å². The number of benzene rings is 2. The average Bonchev–Trinajstić information content (AvgIpc) is 2.85. The van der Waals surface area contributed by atoms with E-state index in [9.17, 15) is 19.2 Å². The smallest absolute Gasteiger partial charge is 0.303 e. The highest BCUT2D eigenvalue weighted by Gasteiger charge is 2.19. The number of nitrogens with two attached hydrogens (primary N) is 1. The van der Waals surface area contributed by atoms with Crippen LogP contribution in [0.2, 0.25) is 0 Å². The third-order valence-electron chi connectivity index (χ3n) is 4.55. The van der Waals surface area contributed by atoms with Gasteiger partial charge in [0.05, 0.1) is 0 Å². The molecule has 0 unspecified atom stereocenters. The number of hydroxylamine groups is 1. The molecule has 0 aromatic heterocycles. The number of aliphatic carboxylic acids is 1. The highest BCUT2D eigenvalue weighted by atomic mass is 16.5. The van der Waals surface area contributed by atoms with Crippen LogP contribution < -0.4 is 21.8 Å². The van der Waals surface area contributed by atoms with Gasteiger partial charge in [0.25, 0.3) is 11.8 Å². The molecule has 0 saturated carbocycles. The first-order valence-corrected chi connectivity index (χ1v) is 10.5. The van der Waals surface area contributed by atoms with E-state index in [0.29, 0.717) is 22.4 Å². The van der Waals surface area contributed by atoms with Gasteiger partial charge in [0.15, 0.2) is 0 Å². The minimum Gasteiger partial charge on any atom is -0.481 e. The molecule has 35 heavy (non-hydrogen) atoms. The molecule has 180 valence electrons. The van der Waals surface area contributed by atoms with Gasteiger partial charge in [-0.1, -0.05) is 11.8 Å². The Kier molecular flexibility index (Phi) is 10.5. The topological polar surface area (TPSA) is 171 Å². The molecule has 1 atom stereocenters. The summed E-state index contributed by atoms with van der Waals surface area (Å²) in [5.41, 5.74) is 9.05. The minimum absolute atomic E-state index is 0.0524. The molecule has 2 rings (SSSR count). The van der Waals surface area contributed by atoms with E-state index in [0.717, 1.165) is 0 Å². The average molecular weight is 476 g/mol. The van der Waals surface area contributed by atoms with Gasteiger partial charge in [-0.3, -0.25) is 24.4 Å². The quantitative estimate of drug-likeness (QED) is 0.177. The van der Waals surface area contributed by atoms with Gasteiger partial charge >= 0.3 is 5.97 Å². The molecule has 10 nitrogen and oxygen atoms in total. The number of carbonyl (C=O) groups excluding carboxylic acids is 3. The molecular weight excluding hydrogens is 452 g/mol. The predicted molar refractivity (Wildman–Crippen MR) is 127 cm³/mol. The van der Waals surface area contributed by atoms with Gasteiger partial charge in [0.1, 0.15) is 6.04 Å². The zero-order chi connectivity index (χ0) is 25.6. The third kappa shape index (κ3) is 9.40. The first-order chi connectivity index (χ1) is 16.8. The number of amides is 3. The van der Waals surface area contributed by atoms with Crippen molar-refractivity contribution < 1.29 is 29.5 Å². The van der Waals surface area contributed by atoms with Crippen molar-refractivity contribution in [2.75, 3.05) is 11.9 Å². The molecule has 0 aliphatic carbocycles. The second-order valence-corrected chi connectivity index (χ2v) is 7.19. The monoisotopic (exact) mass is 476 g/mol. The van der Waals surface area contributed by atoms with Crippen LogP contribution >= 0.6 is 0 Å². The Labute approximate surface area is 201 Å². The van der Waals surface area contributed by atoms with Crippen LogP contribution in [0.1, 0.15) is 40.7 Å². The molecule has 0 bridgehead atoms. The number of carboxylic acids is 1. The van der Waals surface area contributed by atoms with Crippen LogP contribution in [0.4, 0.5) is 5.69 Å². The van der Waals surface area contributed by atoms with E-state index in [4.69, 9.17) is 16.0 Å². The minimum atomic E-state index is -1.06. The number of carboxylic acid groups (broad SMARTS) is 1. The summed E-state index contributed by atoms with van der Waals surface area (Å²) in [6.45, 7) is -0.174. The van der Waals surface area contributed by atoms with Crippen molar-refractivity contribution in [3.05, 3.63) is 65.2 Å². The van der Waals surface area contributed by atoms with Crippen LogP contribution in [-0.4, -0.2) is 46.6 Å². The molecule has 0 radical (unpaired) electrons. The summed E-state index contributed by atoms with van der Waals surface area (Å²) >= 11 is 0. The van der Waals surface area contributed by atoms with E-state index < -0.39 is 23.8 Å². The van der Waals surface area contributed by atoms with E-state index in [-0.39, 0.29) is 31.7 Å². The normalized spacial score (nSPS) is 10.5. The number of rotatable bonds is 9. The molecule has 0 fully saturated rings. The highest BCUT2D eigenvalue weighted by molar-refractivity contribution is 5.97. The fraction of sp³-hybridized carbons (Fsp3) is 0.200. The van der Waals surface area contributed by atoms with Gasteiger partial charge in [-0.2, -0.15) is 0 Å². The maximum Gasteiger partial charge on any atom is 0.303 e. The molecule has 0 heterocycles. The fourth-order valence-electron chi connectivity index (χ4n) is 2.72. The number of carbonyl (C=O) groups is 4. The molecule has 3 amide bonds. The summed E-state index contributed by atoms with van der Waals surface area (Å²) < 4.78 is 0. The number of anilines is 1. The summed E-state index contributed by atoms with van der Waals surface area (Å²) in [5, 5.41) is 22.4. The predicted octanol–water partition coefficient (Wildman–Crippen LogP) is 0.846. The summed E-state index contributed by atoms with van der Waals surface area (Å²) in [5.74, 6) is 8.65. The SMILES string of the molecule is NC[C@H](NC(=O)c1ccc(C#CC#Cc2ccc(NC(=O)CCCC(=O)O)cc2)cc1)C(=O)NO. The number of nitrogens with one attached hydrogen (secondary N) is 3. The van der Waals surface area contributed by atoms with Crippen molar-refractivity contribution in [3.63, 3.8) is 0 Å². The summed E-state index contributed by atoms with van der Waals surface area (Å²) in [6, 6.07) is 12.1. The molecule has 10 heteroatoms. The van der Waals surface area contributed by atoms with Crippen molar-refractivity contribution in [2.45, 2.75) is 25.3 Å². The Morgan fingerprint density at radius 3 is 1.97 bits per heavy atom. The van der Waals surface area contributed by atoms with E-state index in [2.05, 4.69) is 34.3 Å². The summed E-state index contributed by atoms with van der Waals surface area (Å²) in [7, 11) is 0. The number of hydrogen-bond donors (Lipinski definition) is 6. The van der Waals surface area contributed by atoms with Gasteiger partial charge < -0.3 is 21.5 Å². The van der Waals surface area contributed by atoms with E-state index in [1.807, 2.05) is 0 Å². The van der Waals surface area contributed by atoms with Gasteiger partial charge in [-0.25, -0.2) is 5.48 Å². The van der Waals surface area contributed by atoms with Crippen LogP contribution in [-0.2, 0) is 14.4 Å². The molecule has 7 N–H and O–H groups in total. The first kappa shape index (κ1) is 26.6. The molecule has 2 aromatic rings. The number of hydrogen-bond acceptors (Lipinski definition) is 6. The zero-order valence-corrected chi connectivity index (χ0v) is 18.6. The van der Waals surface area contributed by atoms with Crippen LogP contribution in [0.25, 0.3) is 0 Å². The third-order valence-corrected chi connectivity index (χ3v) is 4.55. The Hall–Kier alpha value is -4.64. The zero-order valence-electron chi connectivity index (χ0n) is 18.6. The molecule has 0 aliphatic rings. The Bertz CT molecular complexity index is 1180. The second kappa shape index (κ2) is 13.8. The van der Waals surface area contributed by atoms with Crippen LogP contribution in [0.5, 0.6) is 0 Å².